The van der Waals surface area contributed by atoms with E-state index in [0.717, 1.165) is 43.0 Å². The van der Waals surface area contributed by atoms with Gasteiger partial charge in [-0.1, -0.05) is 0 Å². The van der Waals surface area contributed by atoms with Crippen molar-refractivity contribution >= 4 is 11.6 Å². The Hall–Kier alpha value is -2.43. The van der Waals surface area contributed by atoms with Gasteiger partial charge >= 0.3 is 0 Å². The number of rotatable bonds is 4. The molecule has 25 heavy (non-hydrogen) atoms. The van der Waals surface area contributed by atoms with Gasteiger partial charge in [0, 0.05) is 30.4 Å². The van der Waals surface area contributed by atoms with Gasteiger partial charge in [0.25, 0.3) is 5.91 Å². The molecule has 0 radical (unpaired) electrons. The molecule has 1 aromatic carbocycles. The van der Waals surface area contributed by atoms with Crippen LogP contribution in [0.2, 0.25) is 0 Å². The summed E-state index contributed by atoms with van der Waals surface area (Å²) < 4.78 is 10.8. The Balaban J connectivity index is 1.58. The van der Waals surface area contributed by atoms with E-state index >= 15 is 0 Å². The Bertz CT molecular complexity index is 741. The lowest BCUT2D eigenvalue weighted by Crippen LogP contribution is -2.44. The Morgan fingerprint density at radius 1 is 1.12 bits per heavy atom. The van der Waals surface area contributed by atoms with Gasteiger partial charge in [0.1, 0.15) is 17.3 Å². The van der Waals surface area contributed by atoms with Crippen LogP contribution in [0.25, 0.3) is 0 Å². The minimum absolute atomic E-state index is 0.0188. The van der Waals surface area contributed by atoms with Gasteiger partial charge in [-0.2, -0.15) is 0 Å². The number of nitrogens with one attached hydrogen (secondary N) is 1. The van der Waals surface area contributed by atoms with Crippen LogP contribution in [-0.2, 0) is 0 Å². The highest BCUT2D eigenvalue weighted by Crippen LogP contribution is 2.24. The molecular formula is C20H26N2O3. The van der Waals surface area contributed by atoms with Crippen LogP contribution < -0.4 is 15.0 Å². The third-order valence-electron chi connectivity index (χ3n) is 5.06. The monoisotopic (exact) mass is 342 g/mol. The molecule has 1 fully saturated rings. The highest BCUT2D eigenvalue weighted by atomic mass is 16.5. The van der Waals surface area contributed by atoms with Gasteiger partial charge < -0.3 is 19.4 Å². The second kappa shape index (κ2) is 7.21. The maximum Gasteiger partial charge on any atom is 0.255 e. The van der Waals surface area contributed by atoms with Gasteiger partial charge in [0.2, 0.25) is 0 Å². The van der Waals surface area contributed by atoms with E-state index in [4.69, 9.17) is 9.15 Å². The molecule has 5 nitrogen and oxygen atoms in total. The van der Waals surface area contributed by atoms with Crippen molar-refractivity contribution in [3.63, 3.8) is 0 Å². The lowest BCUT2D eigenvalue weighted by molar-refractivity contribution is 0.0929. The van der Waals surface area contributed by atoms with Crippen molar-refractivity contribution < 1.29 is 13.9 Å². The summed E-state index contributed by atoms with van der Waals surface area (Å²) >= 11 is 0. The van der Waals surface area contributed by atoms with Crippen molar-refractivity contribution in [2.24, 2.45) is 0 Å². The van der Waals surface area contributed by atoms with Crippen molar-refractivity contribution in [2.75, 3.05) is 25.1 Å². The summed E-state index contributed by atoms with van der Waals surface area (Å²) in [5, 5.41) is 3.17. The molecule has 0 spiro atoms. The number of piperidine rings is 1. The zero-order valence-corrected chi connectivity index (χ0v) is 15.4. The molecule has 2 heterocycles. The number of hydrogen-bond acceptors (Lipinski definition) is 4. The number of ether oxygens (including phenoxy) is 1. The van der Waals surface area contributed by atoms with Crippen LogP contribution in [0, 0.1) is 20.8 Å². The topological polar surface area (TPSA) is 54.7 Å². The van der Waals surface area contributed by atoms with E-state index < -0.39 is 0 Å². The average molecular weight is 342 g/mol. The van der Waals surface area contributed by atoms with Gasteiger partial charge in [0.05, 0.1) is 12.7 Å². The lowest BCUT2D eigenvalue weighted by Gasteiger charge is -2.34. The molecule has 0 atom stereocenters. The molecule has 1 amide bonds. The molecule has 134 valence electrons. The van der Waals surface area contributed by atoms with Gasteiger partial charge in [-0.15, -0.1) is 0 Å². The number of carbonyl (C=O) groups excluding carboxylic acids is 1. The Morgan fingerprint density at radius 3 is 2.28 bits per heavy atom. The van der Waals surface area contributed by atoms with Crippen molar-refractivity contribution in [1.29, 1.82) is 0 Å². The van der Waals surface area contributed by atoms with Crippen LogP contribution in [0.5, 0.6) is 5.75 Å². The van der Waals surface area contributed by atoms with Crippen LogP contribution >= 0.6 is 0 Å². The Labute approximate surface area is 149 Å². The fourth-order valence-corrected chi connectivity index (χ4v) is 3.46. The molecule has 0 aliphatic carbocycles. The van der Waals surface area contributed by atoms with E-state index in [1.807, 2.05) is 32.9 Å². The Kier molecular flexibility index (Phi) is 5.02. The summed E-state index contributed by atoms with van der Waals surface area (Å²) in [4.78, 5) is 14.9. The largest absolute Gasteiger partial charge is 0.497 e. The van der Waals surface area contributed by atoms with E-state index in [1.165, 1.54) is 5.69 Å². The number of aryl methyl sites for hydroxylation is 2. The minimum atomic E-state index is -0.0188. The smallest absolute Gasteiger partial charge is 0.255 e. The number of amides is 1. The van der Waals surface area contributed by atoms with E-state index in [1.54, 1.807) is 7.11 Å². The number of methoxy groups -OCH3 is 1. The fraction of sp³-hybridized carbons (Fsp3) is 0.450. The predicted octanol–water partition coefficient (Wildman–Crippen LogP) is 3.61. The maximum atomic E-state index is 12.6. The molecule has 3 rings (SSSR count). The third-order valence-corrected chi connectivity index (χ3v) is 5.06. The zero-order chi connectivity index (χ0) is 18.0. The molecule has 1 aromatic heterocycles. The number of hydrogen-bond donors (Lipinski definition) is 1. The number of furan rings is 1. The molecule has 1 N–H and O–H groups in total. The first-order valence-corrected chi connectivity index (χ1v) is 8.76. The second-order valence-electron chi connectivity index (χ2n) is 6.65. The van der Waals surface area contributed by atoms with E-state index in [9.17, 15) is 4.79 Å². The molecular weight excluding hydrogens is 316 g/mol. The van der Waals surface area contributed by atoms with Gasteiger partial charge in [-0.3, -0.25) is 4.79 Å². The quantitative estimate of drug-likeness (QED) is 0.922. The first-order valence-electron chi connectivity index (χ1n) is 8.76. The van der Waals surface area contributed by atoms with Crippen LogP contribution in [0.1, 0.15) is 40.3 Å². The standard InChI is InChI=1S/C20H26N2O3/c1-13-14(2)25-15(3)19(13)20(23)21-16-9-11-22(12-10-16)17-5-7-18(24-4)8-6-17/h5-8,16H,9-12H2,1-4H3,(H,21,23). The molecule has 1 saturated heterocycles. The summed E-state index contributed by atoms with van der Waals surface area (Å²) in [6, 6.07) is 8.33. The number of benzene rings is 1. The first-order chi connectivity index (χ1) is 12.0. The van der Waals surface area contributed by atoms with E-state index in [0.29, 0.717) is 11.3 Å². The van der Waals surface area contributed by atoms with Crippen molar-refractivity contribution in [3.8, 4) is 5.75 Å². The summed E-state index contributed by atoms with van der Waals surface area (Å²) in [5.74, 6) is 2.36. The third kappa shape index (κ3) is 3.65. The van der Waals surface area contributed by atoms with Crippen molar-refractivity contribution in [1.82, 2.24) is 5.32 Å². The Morgan fingerprint density at radius 2 is 1.76 bits per heavy atom. The van der Waals surface area contributed by atoms with E-state index in [2.05, 4.69) is 22.3 Å². The molecule has 1 aliphatic heterocycles. The predicted molar refractivity (Wildman–Crippen MR) is 98.6 cm³/mol. The molecule has 5 heteroatoms. The zero-order valence-electron chi connectivity index (χ0n) is 15.4. The number of nitrogens with zero attached hydrogens (tertiary/aromatic N) is 1. The number of carbonyl (C=O) groups is 1. The minimum Gasteiger partial charge on any atom is -0.497 e. The molecule has 0 saturated carbocycles. The highest BCUT2D eigenvalue weighted by molar-refractivity contribution is 5.97. The SMILES string of the molecule is COc1ccc(N2CCC(NC(=O)c3c(C)oc(C)c3C)CC2)cc1. The molecule has 0 unspecified atom stereocenters. The summed E-state index contributed by atoms with van der Waals surface area (Å²) in [6.07, 6.45) is 1.87. The van der Waals surface area contributed by atoms with Crippen LogP contribution in [0.4, 0.5) is 5.69 Å². The molecule has 2 aromatic rings. The molecule has 0 bridgehead atoms. The summed E-state index contributed by atoms with van der Waals surface area (Å²) in [7, 11) is 1.67. The average Bonchev–Trinajstić information content (AvgIpc) is 2.88. The van der Waals surface area contributed by atoms with Gasteiger partial charge in [-0.05, 0) is 57.9 Å². The summed E-state index contributed by atoms with van der Waals surface area (Å²) in [5.41, 5.74) is 2.82. The lowest BCUT2D eigenvalue weighted by atomic mass is 10.0. The number of anilines is 1. The normalized spacial score (nSPS) is 15.3. The van der Waals surface area contributed by atoms with Crippen molar-refractivity contribution in [2.45, 2.75) is 39.7 Å². The van der Waals surface area contributed by atoms with Gasteiger partial charge in [-0.25, -0.2) is 0 Å². The van der Waals surface area contributed by atoms with Gasteiger partial charge in [0.15, 0.2) is 0 Å². The summed E-state index contributed by atoms with van der Waals surface area (Å²) in [6.45, 7) is 7.54. The van der Waals surface area contributed by atoms with Crippen LogP contribution in [0.3, 0.4) is 0 Å². The first kappa shape index (κ1) is 17.4. The second-order valence-corrected chi connectivity index (χ2v) is 6.65. The fourth-order valence-electron chi connectivity index (χ4n) is 3.46. The van der Waals surface area contributed by atoms with E-state index in [-0.39, 0.29) is 11.9 Å². The molecule has 1 aliphatic rings. The highest BCUT2D eigenvalue weighted by Gasteiger charge is 2.24. The maximum absolute atomic E-state index is 12.6. The van der Waals surface area contributed by atoms with Crippen LogP contribution in [0.15, 0.2) is 28.7 Å². The van der Waals surface area contributed by atoms with Crippen molar-refractivity contribution in [3.05, 3.63) is 46.9 Å². The van der Waals surface area contributed by atoms with Crippen LogP contribution in [-0.4, -0.2) is 32.1 Å².